The van der Waals surface area contributed by atoms with Gasteiger partial charge in [0.25, 0.3) is 0 Å². The second kappa shape index (κ2) is 9.99. The van der Waals surface area contributed by atoms with E-state index in [2.05, 4.69) is 21.6 Å². The van der Waals surface area contributed by atoms with E-state index in [9.17, 15) is 0 Å². The number of methoxy groups -OCH3 is 1. The maximum atomic E-state index is 5.50. The van der Waals surface area contributed by atoms with E-state index < -0.39 is 0 Å². The van der Waals surface area contributed by atoms with Crippen LogP contribution in [0.2, 0.25) is 0 Å². The fraction of sp³-hybridized carbons (Fsp3) is 0.350. The largest absolute Gasteiger partial charge is 0.496 e. The molecule has 0 aliphatic heterocycles. The lowest BCUT2D eigenvalue weighted by Crippen LogP contribution is -2.36. The van der Waals surface area contributed by atoms with Crippen molar-refractivity contribution < 1.29 is 9.47 Å². The Morgan fingerprint density at radius 1 is 1.12 bits per heavy atom. The zero-order chi connectivity index (χ0) is 18.9. The molecule has 2 N–H and O–H groups in total. The normalized spacial score (nSPS) is 11.7. The summed E-state index contributed by atoms with van der Waals surface area (Å²) in [6.45, 7) is 3.28. The summed E-state index contributed by atoms with van der Waals surface area (Å²) in [6.07, 6.45) is 0. The molecule has 26 heavy (non-hydrogen) atoms. The number of likely N-dealkylation sites (N-methyl/N-ethyl adjacent to an activating group) is 1. The van der Waals surface area contributed by atoms with Gasteiger partial charge in [0, 0.05) is 17.8 Å². The monoisotopic (exact) mass is 373 g/mol. The first-order valence-corrected chi connectivity index (χ1v) is 9.03. The molecule has 2 aromatic rings. The van der Waals surface area contributed by atoms with Gasteiger partial charge < -0.3 is 25.0 Å². The molecule has 0 aliphatic carbocycles. The lowest BCUT2D eigenvalue weighted by atomic mass is 10.0. The van der Waals surface area contributed by atoms with Gasteiger partial charge in [-0.2, -0.15) is 0 Å². The Morgan fingerprint density at radius 3 is 2.42 bits per heavy atom. The van der Waals surface area contributed by atoms with Gasteiger partial charge in [-0.3, -0.25) is 0 Å². The smallest absolute Gasteiger partial charge is 0.170 e. The highest BCUT2D eigenvalue weighted by atomic mass is 32.1. The highest BCUT2D eigenvalue weighted by Gasteiger charge is 2.18. The van der Waals surface area contributed by atoms with Crippen molar-refractivity contribution in [3.05, 3.63) is 54.1 Å². The van der Waals surface area contributed by atoms with Crippen LogP contribution in [0.1, 0.15) is 18.5 Å². The first-order chi connectivity index (χ1) is 12.5. The zero-order valence-electron chi connectivity index (χ0n) is 15.8. The van der Waals surface area contributed by atoms with E-state index in [1.54, 1.807) is 7.11 Å². The summed E-state index contributed by atoms with van der Waals surface area (Å²) in [7, 11) is 5.78. The van der Waals surface area contributed by atoms with Crippen molar-refractivity contribution in [2.75, 3.05) is 39.7 Å². The van der Waals surface area contributed by atoms with Crippen LogP contribution in [0, 0.1) is 0 Å². The summed E-state index contributed by atoms with van der Waals surface area (Å²) in [4.78, 5) is 2.14. The molecule has 140 valence electrons. The third-order valence-electron chi connectivity index (χ3n) is 4.00. The van der Waals surface area contributed by atoms with E-state index >= 15 is 0 Å². The van der Waals surface area contributed by atoms with Crippen molar-refractivity contribution in [2.45, 2.75) is 13.0 Å². The van der Waals surface area contributed by atoms with Gasteiger partial charge in [-0.15, -0.1) is 0 Å². The molecular weight excluding hydrogens is 346 g/mol. The average molecular weight is 374 g/mol. The zero-order valence-corrected chi connectivity index (χ0v) is 16.6. The maximum Gasteiger partial charge on any atom is 0.170 e. The van der Waals surface area contributed by atoms with Crippen molar-refractivity contribution in [2.24, 2.45) is 0 Å². The van der Waals surface area contributed by atoms with Crippen LogP contribution in [0.5, 0.6) is 11.5 Å². The van der Waals surface area contributed by atoms with Gasteiger partial charge in [-0.1, -0.05) is 18.2 Å². The number of nitrogens with zero attached hydrogens (tertiary/aromatic N) is 1. The van der Waals surface area contributed by atoms with E-state index in [0.29, 0.717) is 18.3 Å². The Bertz CT molecular complexity index is 704. The van der Waals surface area contributed by atoms with E-state index in [1.165, 1.54) is 0 Å². The fourth-order valence-corrected chi connectivity index (χ4v) is 2.88. The molecule has 0 spiro atoms. The second-order valence-electron chi connectivity index (χ2n) is 6.01. The van der Waals surface area contributed by atoms with Gasteiger partial charge in [0.15, 0.2) is 5.11 Å². The standard InChI is InChI=1S/C20H27N3O2S/c1-5-25-16-12-10-15(11-13-16)22-20(26)21-14-18(23(2)3)17-8-6-7-9-19(17)24-4/h6-13,18H,5,14H2,1-4H3,(H2,21,22,26)/t18-/m0/s1. The Morgan fingerprint density at radius 2 is 1.81 bits per heavy atom. The third-order valence-corrected chi connectivity index (χ3v) is 4.25. The molecule has 0 radical (unpaired) electrons. The minimum Gasteiger partial charge on any atom is -0.496 e. The summed E-state index contributed by atoms with van der Waals surface area (Å²) < 4.78 is 10.9. The number of ether oxygens (including phenoxy) is 2. The molecular formula is C20H27N3O2S. The Balaban J connectivity index is 1.97. The average Bonchev–Trinajstić information content (AvgIpc) is 2.64. The van der Waals surface area contributed by atoms with Crippen LogP contribution >= 0.6 is 12.2 Å². The first kappa shape index (κ1) is 20.0. The van der Waals surface area contributed by atoms with E-state index in [1.807, 2.05) is 63.5 Å². The van der Waals surface area contributed by atoms with Crippen LogP contribution in [-0.2, 0) is 0 Å². The van der Waals surface area contributed by atoms with Crippen molar-refractivity contribution in [3.63, 3.8) is 0 Å². The molecule has 0 unspecified atom stereocenters. The van der Waals surface area contributed by atoms with Gasteiger partial charge >= 0.3 is 0 Å². The minimum absolute atomic E-state index is 0.131. The first-order valence-electron chi connectivity index (χ1n) is 8.62. The molecule has 0 fully saturated rings. The summed E-state index contributed by atoms with van der Waals surface area (Å²) in [5, 5.41) is 7.07. The quantitative estimate of drug-likeness (QED) is 0.688. The number of thiocarbonyl (C=S) groups is 1. The van der Waals surface area contributed by atoms with Crippen molar-refractivity contribution in [1.82, 2.24) is 10.2 Å². The van der Waals surface area contributed by atoms with E-state index in [0.717, 1.165) is 22.7 Å². The number of benzene rings is 2. The predicted octanol–water partition coefficient (Wildman–Crippen LogP) is 3.68. The molecule has 2 rings (SSSR count). The SMILES string of the molecule is CCOc1ccc(NC(=S)NC[C@@H](c2ccccc2OC)N(C)C)cc1. The van der Waals surface area contributed by atoms with Crippen LogP contribution in [-0.4, -0.2) is 44.4 Å². The number of rotatable bonds is 8. The lowest BCUT2D eigenvalue weighted by Gasteiger charge is -2.27. The number of hydrogen-bond donors (Lipinski definition) is 2. The molecule has 1 atom stereocenters. The molecule has 0 saturated heterocycles. The van der Waals surface area contributed by atoms with Gasteiger partial charge in [-0.25, -0.2) is 0 Å². The highest BCUT2D eigenvalue weighted by molar-refractivity contribution is 7.80. The van der Waals surface area contributed by atoms with Crippen LogP contribution < -0.4 is 20.1 Å². The van der Waals surface area contributed by atoms with Crippen LogP contribution in [0.15, 0.2) is 48.5 Å². The maximum absolute atomic E-state index is 5.50. The Labute approximate surface area is 161 Å². The molecule has 2 aromatic carbocycles. The summed E-state index contributed by atoms with van der Waals surface area (Å²) >= 11 is 5.43. The number of nitrogens with one attached hydrogen (secondary N) is 2. The predicted molar refractivity (Wildman–Crippen MR) is 111 cm³/mol. The highest BCUT2D eigenvalue weighted by Crippen LogP contribution is 2.27. The Hall–Kier alpha value is -2.31. The number of para-hydroxylation sites is 1. The molecule has 0 aromatic heterocycles. The van der Waals surface area contributed by atoms with E-state index in [-0.39, 0.29) is 6.04 Å². The molecule has 6 heteroatoms. The van der Waals surface area contributed by atoms with Gasteiger partial charge in [0.2, 0.25) is 0 Å². The van der Waals surface area contributed by atoms with Crippen molar-refractivity contribution in [1.29, 1.82) is 0 Å². The molecule has 0 saturated carbocycles. The fourth-order valence-electron chi connectivity index (χ4n) is 2.68. The molecule has 0 heterocycles. The minimum atomic E-state index is 0.131. The van der Waals surface area contributed by atoms with Crippen molar-refractivity contribution >= 4 is 23.0 Å². The molecule has 0 bridgehead atoms. The van der Waals surface area contributed by atoms with E-state index in [4.69, 9.17) is 21.7 Å². The third kappa shape index (κ3) is 5.61. The van der Waals surface area contributed by atoms with Crippen LogP contribution in [0.4, 0.5) is 5.69 Å². The number of anilines is 1. The van der Waals surface area contributed by atoms with Crippen molar-refractivity contribution in [3.8, 4) is 11.5 Å². The van der Waals surface area contributed by atoms with Crippen LogP contribution in [0.25, 0.3) is 0 Å². The second-order valence-corrected chi connectivity index (χ2v) is 6.42. The molecule has 0 aliphatic rings. The van der Waals surface area contributed by atoms with Crippen LogP contribution in [0.3, 0.4) is 0 Å². The Kier molecular flexibility index (Phi) is 7.69. The summed E-state index contributed by atoms with van der Waals surface area (Å²) in [5.41, 5.74) is 2.04. The lowest BCUT2D eigenvalue weighted by molar-refractivity contribution is 0.288. The summed E-state index contributed by atoms with van der Waals surface area (Å²) in [6, 6.07) is 15.9. The topological polar surface area (TPSA) is 45.8 Å². The molecule has 5 nitrogen and oxygen atoms in total. The molecule has 0 amide bonds. The van der Waals surface area contributed by atoms with Gasteiger partial charge in [-0.05, 0) is 63.6 Å². The number of hydrogen-bond acceptors (Lipinski definition) is 4. The summed E-state index contributed by atoms with van der Waals surface area (Å²) in [5.74, 6) is 1.72. The van der Waals surface area contributed by atoms with Gasteiger partial charge in [0.1, 0.15) is 11.5 Å². The van der Waals surface area contributed by atoms with Gasteiger partial charge in [0.05, 0.1) is 19.8 Å².